The van der Waals surface area contributed by atoms with Crippen LogP contribution < -0.4 is 5.73 Å². The lowest BCUT2D eigenvalue weighted by molar-refractivity contribution is 0.0217. The fourth-order valence-corrected chi connectivity index (χ4v) is 1.16. The molecule has 2 unspecified atom stereocenters. The van der Waals surface area contributed by atoms with Gasteiger partial charge in [0.15, 0.2) is 0 Å². The lowest BCUT2D eigenvalue weighted by Crippen LogP contribution is -2.19. The highest BCUT2D eigenvalue weighted by Gasteiger charge is 2.21. The summed E-state index contributed by atoms with van der Waals surface area (Å²) >= 11 is 5.46. The number of nitriles is 1. The van der Waals surface area contributed by atoms with E-state index in [1.807, 2.05) is 0 Å². The van der Waals surface area contributed by atoms with E-state index < -0.39 is 12.2 Å². The van der Waals surface area contributed by atoms with Gasteiger partial charge in [-0.1, -0.05) is 0 Å². The summed E-state index contributed by atoms with van der Waals surface area (Å²) in [5, 5.41) is 27.2. The summed E-state index contributed by atoms with van der Waals surface area (Å²) < 4.78 is 0. The highest BCUT2D eigenvalue weighted by Crippen LogP contribution is 2.23. The predicted molar refractivity (Wildman–Crippen MR) is 52.7 cm³/mol. The quantitative estimate of drug-likeness (QED) is 0.628. The van der Waals surface area contributed by atoms with E-state index in [-0.39, 0.29) is 23.1 Å². The third kappa shape index (κ3) is 2.76. The van der Waals surface area contributed by atoms with Gasteiger partial charge in [-0.15, -0.1) is 0 Å². The van der Waals surface area contributed by atoms with Crippen molar-refractivity contribution >= 4 is 17.4 Å². The summed E-state index contributed by atoms with van der Waals surface area (Å²) in [4.78, 5) is 7.24. The van der Waals surface area contributed by atoms with Crippen LogP contribution in [0.1, 0.15) is 18.1 Å². The van der Waals surface area contributed by atoms with Gasteiger partial charge in [0.1, 0.15) is 11.9 Å². The molecule has 0 aliphatic heterocycles. The Morgan fingerprint density at radius 2 is 2.27 bits per heavy atom. The number of nitrogens with two attached hydrogens (primary N) is 1. The Kier molecular flexibility index (Phi) is 3.80. The number of nitrogen functional groups attached to an aromatic ring is 1. The molecule has 7 heteroatoms. The molecular formula is C8H9ClN4O2. The maximum Gasteiger partial charge on any atom is 0.224 e. The van der Waals surface area contributed by atoms with Crippen molar-refractivity contribution in [3.63, 3.8) is 0 Å². The maximum atomic E-state index is 9.59. The van der Waals surface area contributed by atoms with Gasteiger partial charge in [0, 0.05) is 11.8 Å². The Balaban J connectivity index is 2.91. The van der Waals surface area contributed by atoms with Crippen LogP contribution in [0.3, 0.4) is 0 Å². The van der Waals surface area contributed by atoms with E-state index in [1.54, 1.807) is 6.07 Å². The first-order valence-electron chi connectivity index (χ1n) is 4.07. The number of anilines is 1. The van der Waals surface area contributed by atoms with E-state index in [1.165, 1.54) is 6.20 Å². The van der Waals surface area contributed by atoms with E-state index >= 15 is 0 Å². The Labute approximate surface area is 91.0 Å². The van der Waals surface area contributed by atoms with Crippen LogP contribution in [0.4, 0.5) is 5.82 Å². The van der Waals surface area contributed by atoms with Crippen LogP contribution >= 0.6 is 11.6 Å². The standard InChI is InChI=1S/C8H9ClN4O2/c9-8-12-3-4(7(11)13-8)6(15)5(14)1-2-10/h3,5-6,14-15H,1H2,(H2,11,12,13). The summed E-state index contributed by atoms with van der Waals surface area (Å²) in [7, 11) is 0. The summed E-state index contributed by atoms with van der Waals surface area (Å²) in [6.45, 7) is 0. The lowest BCUT2D eigenvalue weighted by Gasteiger charge is -2.16. The van der Waals surface area contributed by atoms with E-state index in [0.717, 1.165) is 0 Å². The summed E-state index contributed by atoms with van der Waals surface area (Å²) in [6.07, 6.45) is -1.50. The first-order valence-corrected chi connectivity index (χ1v) is 4.45. The van der Waals surface area contributed by atoms with Crippen molar-refractivity contribution in [2.45, 2.75) is 18.6 Å². The van der Waals surface area contributed by atoms with Crippen LogP contribution in [0.5, 0.6) is 0 Å². The second kappa shape index (κ2) is 4.89. The third-order valence-electron chi connectivity index (χ3n) is 1.80. The molecule has 0 amide bonds. The third-order valence-corrected chi connectivity index (χ3v) is 1.98. The van der Waals surface area contributed by atoms with Crippen molar-refractivity contribution in [1.29, 1.82) is 5.26 Å². The lowest BCUT2D eigenvalue weighted by atomic mass is 10.1. The maximum absolute atomic E-state index is 9.59. The molecular weight excluding hydrogens is 220 g/mol. The van der Waals surface area contributed by atoms with Crippen LogP contribution in [0.25, 0.3) is 0 Å². The van der Waals surface area contributed by atoms with E-state index in [0.29, 0.717) is 0 Å². The zero-order valence-electron chi connectivity index (χ0n) is 7.63. The number of aliphatic hydroxyl groups is 2. The van der Waals surface area contributed by atoms with Crippen LogP contribution in [0.15, 0.2) is 6.20 Å². The number of aliphatic hydroxyl groups excluding tert-OH is 2. The molecule has 6 nitrogen and oxygen atoms in total. The first kappa shape index (κ1) is 11.7. The molecule has 0 aromatic carbocycles. The summed E-state index contributed by atoms with van der Waals surface area (Å²) in [5.41, 5.74) is 5.62. The summed E-state index contributed by atoms with van der Waals surface area (Å²) in [6, 6.07) is 1.73. The van der Waals surface area contributed by atoms with Crippen LogP contribution in [0.2, 0.25) is 5.28 Å². The molecule has 0 spiro atoms. The molecule has 15 heavy (non-hydrogen) atoms. The molecule has 0 bridgehead atoms. The van der Waals surface area contributed by atoms with Crippen molar-refractivity contribution in [3.05, 3.63) is 17.0 Å². The smallest absolute Gasteiger partial charge is 0.224 e. The van der Waals surface area contributed by atoms with E-state index in [9.17, 15) is 10.2 Å². The zero-order valence-corrected chi connectivity index (χ0v) is 8.39. The zero-order chi connectivity index (χ0) is 11.4. The molecule has 0 radical (unpaired) electrons. The molecule has 0 saturated heterocycles. The number of nitrogens with zero attached hydrogens (tertiary/aromatic N) is 3. The first-order chi connectivity index (χ1) is 7.06. The fraction of sp³-hybridized carbons (Fsp3) is 0.375. The Morgan fingerprint density at radius 3 is 2.80 bits per heavy atom. The molecule has 80 valence electrons. The largest absolute Gasteiger partial charge is 0.389 e. The van der Waals surface area contributed by atoms with Gasteiger partial charge in [-0.2, -0.15) is 5.26 Å². The van der Waals surface area contributed by atoms with Gasteiger partial charge in [-0.05, 0) is 11.6 Å². The second-order valence-corrected chi connectivity index (χ2v) is 3.19. The van der Waals surface area contributed by atoms with Crippen molar-refractivity contribution in [3.8, 4) is 6.07 Å². The van der Waals surface area contributed by atoms with E-state index in [4.69, 9.17) is 22.6 Å². The normalized spacial score (nSPS) is 14.3. The fourth-order valence-electron chi connectivity index (χ4n) is 1.02. The highest BCUT2D eigenvalue weighted by molar-refractivity contribution is 6.28. The van der Waals surface area contributed by atoms with Crippen molar-refractivity contribution in [1.82, 2.24) is 9.97 Å². The van der Waals surface area contributed by atoms with Crippen LogP contribution in [-0.4, -0.2) is 26.3 Å². The van der Waals surface area contributed by atoms with Crippen molar-refractivity contribution in [2.75, 3.05) is 5.73 Å². The number of halogens is 1. The Bertz CT molecular complexity index is 393. The van der Waals surface area contributed by atoms with Gasteiger partial charge in [-0.25, -0.2) is 9.97 Å². The highest BCUT2D eigenvalue weighted by atomic mass is 35.5. The van der Waals surface area contributed by atoms with Crippen molar-refractivity contribution in [2.24, 2.45) is 0 Å². The topological polar surface area (TPSA) is 116 Å². The predicted octanol–water partition coefficient (Wildman–Crippen LogP) is 0.0202. The van der Waals surface area contributed by atoms with Gasteiger partial charge < -0.3 is 15.9 Å². The minimum absolute atomic E-state index is 0.0144. The molecule has 2 atom stereocenters. The van der Waals surface area contributed by atoms with Gasteiger partial charge in [-0.3, -0.25) is 0 Å². The molecule has 1 rings (SSSR count). The van der Waals surface area contributed by atoms with Gasteiger partial charge in [0.2, 0.25) is 5.28 Å². The Morgan fingerprint density at radius 1 is 1.60 bits per heavy atom. The Hall–Kier alpha value is -1.42. The van der Waals surface area contributed by atoms with Gasteiger partial charge >= 0.3 is 0 Å². The average molecular weight is 229 g/mol. The minimum atomic E-state index is -1.29. The molecule has 1 heterocycles. The monoisotopic (exact) mass is 228 g/mol. The minimum Gasteiger partial charge on any atom is -0.389 e. The molecule has 4 N–H and O–H groups in total. The van der Waals surface area contributed by atoms with Crippen LogP contribution in [0, 0.1) is 11.3 Å². The molecule has 0 saturated carbocycles. The molecule has 1 aromatic heterocycles. The average Bonchev–Trinajstić information content (AvgIpc) is 2.17. The number of rotatable bonds is 3. The number of hydrogen-bond acceptors (Lipinski definition) is 6. The molecule has 0 aliphatic carbocycles. The van der Waals surface area contributed by atoms with Gasteiger partial charge in [0.05, 0.1) is 18.6 Å². The number of hydrogen-bond donors (Lipinski definition) is 3. The van der Waals surface area contributed by atoms with Crippen LogP contribution in [-0.2, 0) is 0 Å². The molecule has 0 aliphatic rings. The summed E-state index contributed by atoms with van der Waals surface area (Å²) in [5.74, 6) is -0.0144. The SMILES string of the molecule is N#CCC(O)C(O)c1cnc(Cl)nc1N. The number of aromatic nitrogens is 2. The van der Waals surface area contributed by atoms with Crippen molar-refractivity contribution < 1.29 is 10.2 Å². The second-order valence-electron chi connectivity index (χ2n) is 2.85. The van der Waals surface area contributed by atoms with E-state index in [2.05, 4.69) is 9.97 Å². The van der Waals surface area contributed by atoms with Gasteiger partial charge in [0.25, 0.3) is 0 Å². The molecule has 1 aromatic rings. The molecule has 0 fully saturated rings.